The summed E-state index contributed by atoms with van der Waals surface area (Å²) in [5.41, 5.74) is 2.85. The summed E-state index contributed by atoms with van der Waals surface area (Å²) in [7, 11) is 0. The summed E-state index contributed by atoms with van der Waals surface area (Å²) in [6.07, 6.45) is 2.88. The van der Waals surface area contributed by atoms with Crippen LogP contribution in [-0.2, 0) is 16.0 Å². The van der Waals surface area contributed by atoms with Crippen LogP contribution in [0, 0.1) is 13.8 Å². The molecule has 0 radical (unpaired) electrons. The van der Waals surface area contributed by atoms with E-state index in [1.807, 2.05) is 54.3 Å². The van der Waals surface area contributed by atoms with Crippen LogP contribution in [0.15, 0.2) is 65.1 Å². The highest BCUT2D eigenvalue weighted by Gasteiger charge is 2.43. The quantitative estimate of drug-likeness (QED) is 0.336. The van der Waals surface area contributed by atoms with E-state index in [4.69, 9.17) is 4.42 Å². The first-order chi connectivity index (χ1) is 22.8. The van der Waals surface area contributed by atoms with E-state index in [1.54, 1.807) is 34.9 Å². The summed E-state index contributed by atoms with van der Waals surface area (Å²) in [5, 5.41) is 3.03. The molecule has 2 bridgehead atoms. The number of aromatic amines is 1. The van der Waals surface area contributed by atoms with Crippen LogP contribution in [0.25, 0.3) is 11.0 Å². The molecule has 2 aliphatic rings. The number of carbonyl (C=O) groups is 4. The van der Waals surface area contributed by atoms with Crippen molar-refractivity contribution in [3.63, 3.8) is 0 Å². The Morgan fingerprint density at radius 3 is 2.45 bits per heavy atom. The molecule has 0 aliphatic carbocycles. The van der Waals surface area contributed by atoms with Gasteiger partial charge in [-0.15, -0.1) is 0 Å². The molecule has 2 N–H and O–H groups in total. The fourth-order valence-corrected chi connectivity index (χ4v) is 6.77. The van der Waals surface area contributed by atoms with Crippen molar-refractivity contribution in [2.24, 2.45) is 0 Å². The number of aryl methyl sites for hydroxylation is 3. The van der Waals surface area contributed by atoms with E-state index >= 15 is 0 Å². The molecule has 2 aromatic carbocycles. The highest BCUT2D eigenvalue weighted by molar-refractivity contribution is 5.96. The molecular formula is C36H42N6O5. The Morgan fingerprint density at radius 1 is 0.915 bits per heavy atom. The van der Waals surface area contributed by atoms with E-state index < -0.39 is 6.04 Å². The average molecular weight is 639 g/mol. The number of aromatic nitrogens is 2. The van der Waals surface area contributed by atoms with Crippen LogP contribution in [0.2, 0.25) is 0 Å². The number of nitrogens with zero attached hydrogens (tertiary/aromatic N) is 4. The van der Waals surface area contributed by atoms with Gasteiger partial charge in [0, 0.05) is 51.1 Å². The molecule has 2 saturated heterocycles. The molecule has 2 fully saturated rings. The van der Waals surface area contributed by atoms with Gasteiger partial charge in [-0.3, -0.25) is 19.2 Å². The first-order valence-corrected chi connectivity index (χ1v) is 16.5. The maximum Gasteiger partial charge on any atom is 0.257 e. The first kappa shape index (κ1) is 32.0. The van der Waals surface area contributed by atoms with Crippen LogP contribution in [0.4, 0.5) is 0 Å². The van der Waals surface area contributed by atoms with Gasteiger partial charge in [-0.1, -0.05) is 30.3 Å². The highest BCUT2D eigenvalue weighted by Crippen LogP contribution is 2.27. The second-order valence-corrected chi connectivity index (χ2v) is 12.5. The average Bonchev–Trinajstić information content (AvgIpc) is 3.80. The summed E-state index contributed by atoms with van der Waals surface area (Å²) >= 11 is 0. The Hall–Kier alpha value is -4.93. The molecule has 47 heavy (non-hydrogen) atoms. The lowest BCUT2D eigenvalue weighted by atomic mass is 10.1. The number of nitrogens with one attached hydrogen (secondary N) is 2. The topological polar surface area (TPSA) is 132 Å². The van der Waals surface area contributed by atoms with Gasteiger partial charge in [0.25, 0.3) is 11.8 Å². The van der Waals surface area contributed by atoms with E-state index in [-0.39, 0.29) is 42.6 Å². The van der Waals surface area contributed by atoms with Crippen LogP contribution >= 0.6 is 0 Å². The van der Waals surface area contributed by atoms with Crippen molar-refractivity contribution in [2.75, 3.05) is 32.7 Å². The summed E-state index contributed by atoms with van der Waals surface area (Å²) < 4.78 is 5.64. The van der Waals surface area contributed by atoms with Gasteiger partial charge in [0.15, 0.2) is 0 Å². The Bertz CT molecular complexity index is 1710. The van der Waals surface area contributed by atoms with Crippen molar-refractivity contribution in [1.29, 1.82) is 0 Å². The third kappa shape index (κ3) is 7.24. The predicted octanol–water partition coefficient (Wildman–Crippen LogP) is 4.26. The van der Waals surface area contributed by atoms with Crippen LogP contribution in [-0.4, -0.2) is 93.1 Å². The molecule has 4 aromatic rings. The molecular weight excluding hydrogens is 596 g/mol. The van der Waals surface area contributed by atoms with E-state index in [1.165, 1.54) is 0 Å². The number of imidazole rings is 1. The molecule has 4 amide bonds. The standard InChI is InChI=1S/C36H42N6O5/c1-24-21-28(25(2)47-24)36(46)40-18-9-8-17-37-34(44)31-22-27(41(20-10-19-40)35(45)26-11-4-3-5-12-26)23-42(31)33(43)16-15-32-38-29-13-6-7-14-30(29)39-32/h3-7,11-14,21,27,31H,8-10,15-20,22-23H2,1-2H3,(H,37,44)(H,38,39)/t27-,31-/m0/s1. The van der Waals surface area contributed by atoms with Crippen LogP contribution < -0.4 is 5.32 Å². The molecule has 11 nitrogen and oxygen atoms in total. The Kier molecular flexibility index (Phi) is 9.70. The van der Waals surface area contributed by atoms with E-state index in [0.29, 0.717) is 80.9 Å². The maximum atomic E-state index is 14.0. The molecule has 0 spiro atoms. The van der Waals surface area contributed by atoms with Crippen LogP contribution in [0.1, 0.15) is 70.2 Å². The second-order valence-electron chi connectivity index (χ2n) is 12.5. The zero-order chi connectivity index (χ0) is 32.9. The number of hydrogen-bond acceptors (Lipinski definition) is 6. The van der Waals surface area contributed by atoms with Crippen molar-refractivity contribution >= 4 is 34.7 Å². The predicted molar refractivity (Wildman–Crippen MR) is 177 cm³/mol. The number of para-hydroxylation sites is 2. The lowest BCUT2D eigenvalue weighted by molar-refractivity contribution is -0.138. The Labute approximate surface area is 274 Å². The number of amides is 4. The molecule has 6 rings (SSSR count). The van der Waals surface area contributed by atoms with Crippen molar-refractivity contribution in [3.8, 4) is 0 Å². The largest absolute Gasteiger partial charge is 0.466 e. The molecule has 11 heteroatoms. The number of benzene rings is 2. The Balaban J connectivity index is 1.22. The minimum Gasteiger partial charge on any atom is -0.466 e. The molecule has 0 unspecified atom stereocenters. The number of rotatable bonds is 5. The summed E-state index contributed by atoms with van der Waals surface area (Å²) in [4.78, 5) is 68.0. The third-order valence-corrected chi connectivity index (χ3v) is 9.18. The summed E-state index contributed by atoms with van der Waals surface area (Å²) in [5.74, 6) is 1.37. The van der Waals surface area contributed by atoms with Crippen LogP contribution in [0.3, 0.4) is 0 Å². The molecule has 2 aromatic heterocycles. The molecule has 0 saturated carbocycles. The molecule has 4 heterocycles. The van der Waals surface area contributed by atoms with Gasteiger partial charge in [-0.2, -0.15) is 0 Å². The van der Waals surface area contributed by atoms with Gasteiger partial charge in [-0.05, 0) is 69.9 Å². The smallest absolute Gasteiger partial charge is 0.257 e. The second kappa shape index (κ2) is 14.2. The SMILES string of the molecule is Cc1cc(C(=O)N2CCCCNC(=O)[C@@H]3C[C@@H](CN3C(=O)CCc3nc4ccccc4[nH]3)N(C(=O)c3ccccc3)CCC2)c(C)o1. The third-order valence-electron chi connectivity index (χ3n) is 9.18. The molecule has 2 atom stereocenters. The number of likely N-dealkylation sites (tertiary alicyclic amines) is 1. The number of fused-ring (bicyclic) bond motifs is 3. The zero-order valence-corrected chi connectivity index (χ0v) is 27.0. The summed E-state index contributed by atoms with van der Waals surface area (Å²) in [6.45, 7) is 5.66. The minimum absolute atomic E-state index is 0.0985. The fraction of sp³-hybridized carbons (Fsp3) is 0.417. The van der Waals surface area contributed by atoms with Crippen molar-refractivity contribution in [3.05, 3.63) is 89.1 Å². The molecule has 246 valence electrons. The normalized spacial score (nSPS) is 19.4. The van der Waals surface area contributed by atoms with Gasteiger partial charge >= 0.3 is 0 Å². The van der Waals surface area contributed by atoms with E-state index in [0.717, 1.165) is 16.9 Å². The first-order valence-electron chi connectivity index (χ1n) is 16.5. The molecule has 2 aliphatic heterocycles. The van der Waals surface area contributed by atoms with Gasteiger partial charge < -0.3 is 29.4 Å². The highest BCUT2D eigenvalue weighted by atomic mass is 16.3. The zero-order valence-electron chi connectivity index (χ0n) is 27.0. The lowest BCUT2D eigenvalue weighted by Crippen LogP contribution is -2.46. The van der Waals surface area contributed by atoms with E-state index in [9.17, 15) is 19.2 Å². The van der Waals surface area contributed by atoms with Crippen LogP contribution in [0.5, 0.6) is 0 Å². The Morgan fingerprint density at radius 2 is 1.68 bits per heavy atom. The number of carbonyl (C=O) groups excluding carboxylic acids is 4. The minimum atomic E-state index is -0.678. The lowest BCUT2D eigenvalue weighted by Gasteiger charge is -2.31. The van der Waals surface area contributed by atoms with Crippen molar-refractivity contribution in [2.45, 2.75) is 64.5 Å². The number of furan rings is 1. The van der Waals surface area contributed by atoms with Crippen molar-refractivity contribution < 1.29 is 23.6 Å². The number of H-pyrrole nitrogens is 1. The van der Waals surface area contributed by atoms with Gasteiger partial charge in [0.2, 0.25) is 11.8 Å². The maximum absolute atomic E-state index is 14.0. The number of hydrogen-bond donors (Lipinski definition) is 2. The fourth-order valence-electron chi connectivity index (χ4n) is 6.77. The van der Waals surface area contributed by atoms with E-state index in [2.05, 4.69) is 15.3 Å². The van der Waals surface area contributed by atoms with Gasteiger partial charge in [-0.25, -0.2) is 4.98 Å². The summed E-state index contributed by atoms with van der Waals surface area (Å²) in [6, 6.07) is 17.5. The van der Waals surface area contributed by atoms with Gasteiger partial charge in [0.1, 0.15) is 23.4 Å². The monoisotopic (exact) mass is 638 g/mol. The van der Waals surface area contributed by atoms with Crippen molar-refractivity contribution in [1.82, 2.24) is 30.0 Å². The van der Waals surface area contributed by atoms with Gasteiger partial charge in [0.05, 0.1) is 22.6 Å².